The summed E-state index contributed by atoms with van der Waals surface area (Å²) < 4.78 is 57.5. The zero-order valence-electron chi connectivity index (χ0n) is 31.6. The Hall–Kier alpha value is -3.65. The van der Waals surface area contributed by atoms with E-state index in [4.69, 9.17) is 18.9 Å². The fourth-order valence-electron chi connectivity index (χ4n) is 10.4. The van der Waals surface area contributed by atoms with Gasteiger partial charge >= 0.3 is 0 Å². The molecule has 0 radical (unpaired) electrons. The van der Waals surface area contributed by atoms with Crippen molar-refractivity contribution >= 4 is 23.2 Å². The van der Waals surface area contributed by atoms with Gasteiger partial charge in [-0.2, -0.15) is 0 Å². The number of fused-ring (bicyclic) bond motifs is 7. The van der Waals surface area contributed by atoms with Crippen molar-refractivity contribution in [3.8, 4) is 0 Å². The number of benzene rings is 2. The maximum atomic E-state index is 17.7. The van der Waals surface area contributed by atoms with Crippen LogP contribution in [0.2, 0.25) is 0 Å². The topological polar surface area (TPSA) is 141 Å². The molecule has 1 amide bonds. The molecule has 0 spiro atoms. The number of aliphatic hydroxyl groups is 2. The monoisotopic (exact) mass is 763 g/mol. The average molecular weight is 764 g/mol. The van der Waals surface area contributed by atoms with E-state index < -0.39 is 76.8 Å². The van der Waals surface area contributed by atoms with Crippen molar-refractivity contribution in [1.82, 2.24) is 0 Å². The number of halogens is 2. The van der Waals surface area contributed by atoms with Gasteiger partial charge in [0.05, 0.1) is 38.4 Å². The molecule has 1 heterocycles. The number of Topliss-reactive ketones (excluding diaryl/α,β-unsaturated/α-hetero) is 1. The molecule has 4 aliphatic carbocycles. The highest BCUT2D eigenvalue weighted by Gasteiger charge is 2.80. The smallest absolute Gasteiger partial charge is 0.226 e. The van der Waals surface area contributed by atoms with Crippen molar-refractivity contribution in [3.05, 3.63) is 89.0 Å². The Kier molecular flexibility index (Phi) is 11.1. The predicted molar refractivity (Wildman–Crippen MR) is 198 cm³/mol. The number of allylic oxidation sites excluding steroid dienone is 4. The van der Waals surface area contributed by atoms with Gasteiger partial charge in [0.1, 0.15) is 12.8 Å². The molecule has 1 aliphatic heterocycles. The molecule has 1 unspecified atom stereocenters. The minimum atomic E-state index is -2.32. The van der Waals surface area contributed by atoms with Crippen LogP contribution >= 0.6 is 0 Å². The Balaban J connectivity index is 1.03. The molecule has 4 fully saturated rings. The molecule has 10 nitrogen and oxygen atoms in total. The third-order valence-electron chi connectivity index (χ3n) is 13.0. The number of carbonyl (C=O) groups is 3. The third kappa shape index (κ3) is 6.62. The van der Waals surface area contributed by atoms with Gasteiger partial charge in [-0.3, -0.25) is 14.4 Å². The summed E-state index contributed by atoms with van der Waals surface area (Å²) in [4.78, 5) is 38.5. The van der Waals surface area contributed by atoms with Crippen molar-refractivity contribution in [1.29, 1.82) is 0 Å². The van der Waals surface area contributed by atoms with Crippen molar-refractivity contribution in [2.75, 3.05) is 38.4 Å². The molecule has 3 saturated carbocycles. The number of amides is 1. The summed E-state index contributed by atoms with van der Waals surface area (Å²) in [6.07, 6.45) is 0.116. The van der Waals surface area contributed by atoms with Crippen LogP contribution in [0.25, 0.3) is 0 Å². The summed E-state index contributed by atoms with van der Waals surface area (Å²) in [5.74, 6) is -2.84. The number of nitrogens with one attached hydrogen (secondary N) is 1. The van der Waals surface area contributed by atoms with E-state index in [9.17, 15) is 24.6 Å². The number of rotatable bonds is 14. The molecule has 55 heavy (non-hydrogen) atoms. The van der Waals surface area contributed by atoms with Gasteiger partial charge in [0.15, 0.2) is 29.1 Å². The Bertz CT molecular complexity index is 1850. The summed E-state index contributed by atoms with van der Waals surface area (Å²) in [5, 5.41) is 24.9. The lowest BCUT2D eigenvalue weighted by Crippen LogP contribution is -2.70. The molecular formula is C43H51F2NO9. The molecule has 12 heteroatoms. The van der Waals surface area contributed by atoms with E-state index in [1.54, 1.807) is 6.92 Å². The van der Waals surface area contributed by atoms with E-state index in [-0.39, 0.29) is 37.2 Å². The first-order valence-corrected chi connectivity index (χ1v) is 19.4. The summed E-state index contributed by atoms with van der Waals surface area (Å²) in [6, 6.07) is 15.1. The van der Waals surface area contributed by atoms with Gasteiger partial charge in [0.25, 0.3) is 0 Å². The normalized spacial score (nSPS) is 36.1. The average Bonchev–Trinajstić information content (AvgIpc) is 3.66. The van der Waals surface area contributed by atoms with Gasteiger partial charge in [0, 0.05) is 34.6 Å². The van der Waals surface area contributed by atoms with Crippen LogP contribution in [0.1, 0.15) is 75.9 Å². The number of hydrogen-bond acceptors (Lipinski definition) is 9. The maximum absolute atomic E-state index is 17.7. The van der Waals surface area contributed by atoms with Gasteiger partial charge in [0.2, 0.25) is 5.91 Å². The second-order valence-electron chi connectivity index (χ2n) is 16.1. The molecule has 3 N–H and O–H groups in total. The molecule has 7 rings (SSSR count). The van der Waals surface area contributed by atoms with Crippen molar-refractivity contribution in [3.63, 3.8) is 0 Å². The van der Waals surface area contributed by atoms with Crippen LogP contribution in [-0.4, -0.2) is 90.4 Å². The van der Waals surface area contributed by atoms with Crippen molar-refractivity contribution in [2.45, 2.75) is 95.2 Å². The first-order valence-electron chi connectivity index (χ1n) is 19.4. The van der Waals surface area contributed by atoms with Crippen LogP contribution in [0.15, 0.2) is 72.3 Å². The van der Waals surface area contributed by atoms with Gasteiger partial charge in [-0.25, -0.2) is 8.78 Å². The van der Waals surface area contributed by atoms with Crippen LogP contribution in [0, 0.1) is 22.7 Å². The molecule has 296 valence electrons. The van der Waals surface area contributed by atoms with Crippen LogP contribution in [0.4, 0.5) is 14.5 Å². The number of ketones is 2. The summed E-state index contributed by atoms with van der Waals surface area (Å²) >= 11 is 0. The number of carbonyl (C=O) groups excluding carboxylic acids is 3. The largest absolute Gasteiger partial charge is 0.390 e. The standard InChI is InChI=1S/C43H51F2NO9/c1-4-15-52-17-18-53-16-13-38(51)46-29-7-5-6-27(20-29)19-26-8-10-28(11-9-26)39-54-37-23-31-32-22-34(44)33-21-30(48)12-14-40(33,2)42(32,45)35(49)24-41(31,3)43(37,55-39)36(50)25-47/h5-12,14,20-21,31-32,34-35,37,39,47,49H,4,13,15-19,22-25H2,1-3H3,(H,46,51)/t31-,32-,34-,35-,37+,39?,40-,41-,42-,43+/m0/s1. The highest BCUT2D eigenvalue weighted by Crippen LogP contribution is 2.72. The lowest BCUT2D eigenvalue weighted by atomic mass is 9.44. The second kappa shape index (κ2) is 15.4. The molecular weight excluding hydrogens is 712 g/mol. The second-order valence-corrected chi connectivity index (χ2v) is 16.1. The number of alkyl halides is 2. The highest BCUT2D eigenvalue weighted by atomic mass is 19.1. The number of aliphatic hydroxyl groups excluding tert-OH is 2. The van der Waals surface area contributed by atoms with E-state index in [0.717, 1.165) is 23.6 Å². The first kappa shape index (κ1) is 39.6. The summed E-state index contributed by atoms with van der Waals surface area (Å²) in [7, 11) is 0. The third-order valence-corrected chi connectivity index (χ3v) is 13.0. The predicted octanol–water partition coefficient (Wildman–Crippen LogP) is 5.69. The quantitative estimate of drug-likeness (QED) is 0.207. The Morgan fingerprint density at radius 1 is 1.00 bits per heavy atom. The van der Waals surface area contributed by atoms with Gasteiger partial charge in [-0.1, -0.05) is 56.3 Å². The van der Waals surface area contributed by atoms with E-state index >= 15 is 8.78 Å². The van der Waals surface area contributed by atoms with Crippen LogP contribution in [0.5, 0.6) is 0 Å². The minimum absolute atomic E-state index is 0.0254. The van der Waals surface area contributed by atoms with Gasteiger partial charge in [-0.05, 0) is 85.9 Å². The lowest BCUT2D eigenvalue weighted by Gasteiger charge is -2.63. The highest BCUT2D eigenvalue weighted by molar-refractivity contribution is 6.01. The lowest BCUT2D eigenvalue weighted by molar-refractivity contribution is -0.235. The Labute approximate surface area is 320 Å². The minimum Gasteiger partial charge on any atom is -0.390 e. The zero-order valence-corrected chi connectivity index (χ0v) is 31.6. The molecule has 1 saturated heterocycles. The summed E-state index contributed by atoms with van der Waals surface area (Å²) in [6.45, 7) is 6.42. The maximum Gasteiger partial charge on any atom is 0.226 e. The fraction of sp³-hybridized carbons (Fsp3) is 0.558. The SMILES string of the molecule is CCCOCCOCCC(=O)Nc1cccc(Cc2ccc(C3O[C@@H]4C[C@H]5[C@@H]6C[C@H](F)C7=CC(=O)C=C[C@]7(C)[C@@]6(F)[C@@H](O)C[C@]5(C)[C@]4(C(=O)CO)O3)cc2)c1. The number of ether oxygens (including phenoxy) is 4. The van der Waals surface area contributed by atoms with E-state index in [2.05, 4.69) is 5.32 Å². The number of anilines is 1. The van der Waals surface area contributed by atoms with Gasteiger partial charge in [-0.15, -0.1) is 0 Å². The van der Waals surface area contributed by atoms with Crippen molar-refractivity contribution < 1.29 is 52.3 Å². The number of hydrogen-bond donors (Lipinski definition) is 3. The Morgan fingerprint density at radius 3 is 2.47 bits per heavy atom. The fourth-order valence-corrected chi connectivity index (χ4v) is 10.4. The molecule has 10 atom stereocenters. The molecule has 2 aromatic carbocycles. The Morgan fingerprint density at radius 2 is 1.75 bits per heavy atom. The van der Waals surface area contributed by atoms with E-state index in [0.29, 0.717) is 44.1 Å². The van der Waals surface area contributed by atoms with Gasteiger partial charge < -0.3 is 34.5 Å². The van der Waals surface area contributed by atoms with E-state index in [1.807, 2.05) is 55.5 Å². The molecule has 5 aliphatic rings. The summed E-state index contributed by atoms with van der Waals surface area (Å²) in [5.41, 5.74) is -3.48. The van der Waals surface area contributed by atoms with Crippen LogP contribution in [-0.2, 0) is 39.8 Å². The van der Waals surface area contributed by atoms with Crippen molar-refractivity contribution in [2.24, 2.45) is 22.7 Å². The zero-order chi connectivity index (χ0) is 39.2. The van der Waals surface area contributed by atoms with Crippen LogP contribution in [0.3, 0.4) is 0 Å². The molecule has 0 aromatic heterocycles. The van der Waals surface area contributed by atoms with Crippen LogP contribution < -0.4 is 5.32 Å². The molecule has 0 bridgehead atoms. The molecule has 2 aromatic rings. The first-order chi connectivity index (χ1) is 26.3. The van der Waals surface area contributed by atoms with E-state index in [1.165, 1.54) is 19.1 Å².